The number of phenolic OH excluding ortho intramolecular Hbond substituents is 1. The molecule has 0 fully saturated rings. The number of aromatic hydroxyl groups is 1. The number of nitrogens with one attached hydrogen (secondary N) is 1. The number of carbonyl (C=O) groups excluding carboxylic acids is 1. The Labute approximate surface area is 165 Å². The van der Waals surface area contributed by atoms with Crippen molar-refractivity contribution in [3.8, 4) is 35.7 Å². The number of benzene rings is 2. The summed E-state index contributed by atoms with van der Waals surface area (Å²) in [5.74, 6) is 2.71. The molecule has 0 aliphatic rings. The fraction of sp³-hybridized carbons (Fsp3) is 0.100. The lowest BCUT2D eigenvalue weighted by molar-refractivity contribution is -0.112. The van der Waals surface area contributed by atoms with Crippen molar-refractivity contribution in [3.63, 3.8) is 0 Å². The van der Waals surface area contributed by atoms with Gasteiger partial charge in [0.25, 0.3) is 5.91 Å². The minimum absolute atomic E-state index is 0.0761. The number of rotatable bonds is 6. The largest absolute Gasteiger partial charge is 0.508 e. The Morgan fingerprint density at radius 3 is 2.63 bits per heavy atom. The van der Waals surface area contributed by atoms with Gasteiger partial charge in [-0.3, -0.25) is 4.79 Å². The minimum Gasteiger partial charge on any atom is -0.508 e. The molecule has 0 heterocycles. The van der Waals surface area contributed by atoms with Crippen molar-refractivity contribution in [2.75, 3.05) is 19.0 Å². The number of nitriles is 1. The number of ether oxygens (including phenoxy) is 2. The molecule has 7 heteroatoms. The first-order valence-electron chi connectivity index (χ1n) is 7.64. The van der Waals surface area contributed by atoms with Crippen molar-refractivity contribution in [3.05, 3.63) is 52.0 Å². The van der Waals surface area contributed by atoms with Gasteiger partial charge in [0.2, 0.25) is 0 Å². The number of hydrogen-bond donors (Lipinski definition) is 2. The first-order valence-corrected chi connectivity index (χ1v) is 8.43. The normalized spacial score (nSPS) is 10.4. The Bertz CT molecular complexity index is 954. The maximum Gasteiger partial charge on any atom is 0.266 e. The van der Waals surface area contributed by atoms with Crippen LogP contribution in [0.4, 0.5) is 5.69 Å². The van der Waals surface area contributed by atoms with E-state index in [1.54, 1.807) is 12.1 Å². The second-order valence-corrected chi connectivity index (χ2v) is 6.04. The monoisotopic (exact) mass is 426 g/mol. The van der Waals surface area contributed by atoms with Crippen LogP contribution < -0.4 is 14.8 Å². The van der Waals surface area contributed by atoms with Crippen molar-refractivity contribution < 1.29 is 19.4 Å². The zero-order chi connectivity index (χ0) is 19.8. The van der Waals surface area contributed by atoms with Gasteiger partial charge in [-0.25, -0.2) is 0 Å². The second kappa shape index (κ2) is 9.33. The molecule has 0 aliphatic carbocycles. The van der Waals surface area contributed by atoms with Crippen LogP contribution in [0, 0.1) is 23.7 Å². The van der Waals surface area contributed by atoms with E-state index in [4.69, 9.17) is 15.9 Å². The van der Waals surface area contributed by atoms with Crippen molar-refractivity contribution in [1.82, 2.24) is 0 Å². The number of nitrogens with zero attached hydrogens (tertiary/aromatic N) is 1. The molecular weight excluding hydrogens is 412 g/mol. The molecule has 1 amide bonds. The summed E-state index contributed by atoms with van der Waals surface area (Å²) in [6, 6.07) is 11.1. The van der Waals surface area contributed by atoms with Gasteiger partial charge in [-0.2, -0.15) is 5.26 Å². The standard InChI is InChI=1S/C20H15BrN2O4/c1-3-8-27-19-11-17(21)13(10-18(19)26-2)9-14(12-22)20(25)23-15-4-6-16(24)7-5-15/h1,4-7,9-11,24H,8H2,2H3,(H,23,25)/b14-9+. The molecular formula is C20H15BrN2O4. The van der Waals surface area contributed by atoms with E-state index in [-0.39, 0.29) is 17.9 Å². The van der Waals surface area contributed by atoms with Gasteiger partial charge in [-0.15, -0.1) is 6.42 Å². The van der Waals surface area contributed by atoms with Crippen LogP contribution in [0.25, 0.3) is 6.08 Å². The van der Waals surface area contributed by atoms with E-state index in [9.17, 15) is 15.2 Å². The summed E-state index contributed by atoms with van der Waals surface area (Å²) in [7, 11) is 1.47. The third-order valence-corrected chi connectivity index (χ3v) is 4.07. The van der Waals surface area contributed by atoms with Gasteiger partial charge in [0, 0.05) is 10.2 Å². The number of terminal acetylenes is 1. The highest BCUT2D eigenvalue weighted by Crippen LogP contribution is 2.34. The zero-order valence-electron chi connectivity index (χ0n) is 14.3. The predicted octanol–water partition coefficient (Wildman–Crippen LogP) is 3.72. The van der Waals surface area contributed by atoms with Gasteiger partial charge >= 0.3 is 0 Å². The zero-order valence-corrected chi connectivity index (χ0v) is 15.9. The Hall–Kier alpha value is -3.42. The molecule has 0 saturated carbocycles. The fourth-order valence-electron chi connectivity index (χ4n) is 2.10. The lowest BCUT2D eigenvalue weighted by atomic mass is 10.1. The Balaban J connectivity index is 2.30. The Morgan fingerprint density at radius 2 is 2.04 bits per heavy atom. The summed E-state index contributed by atoms with van der Waals surface area (Å²) in [6.07, 6.45) is 6.62. The molecule has 27 heavy (non-hydrogen) atoms. The lowest BCUT2D eigenvalue weighted by Gasteiger charge is -2.11. The number of amides is 1. The van der Waals surface area contributed by atoms with Crippen LogP contribution in [0.5, 0.6) is 17.2 Å². The number of anilines is 1. The van der Waals surface area contributed by atoms with Crippen molar-refractivity contribution in [2.45, 2.75) is 0 Å². The van der Waals surface area contributed by atoms with Crippen molar-refractivity contribution in [1.29, 1.82) is 5.26 Å². The van der Waals surface area contributed by atoms with Crippen molar-refractivity contribution >= 4 is 33.6 Å². The van der Waals surface area contributed by atoms with Crippen LogP contribution in [-0.2, 0) is 4.79 Å². The Morgan fingerprint density at radius 1 is 1.33 bits per heavy atom. The molecule has 136 valence electrons. The van der Waals surface area contributed by atoms with Crippen LogP contribution in [0.1, 0.15) is 5.56 Å². The fourth-order valence-corrected chi connectivity index (χ4v) is 2.54. The molecule has 0 spiro atoms. The maximum atomic E-state index is 12.3. The summed E-state index contributed by atoms with van der Waals surface area (Å²) in [5.41, 5.74) is 0.897. The van der Waals surface area contributed by atoms with E-state index in [1.165, 1.54) is 37.5 Å². The van der Waals surface area contributed by atoms with E-state index < -0.39 is 5.91 Å². The number of methoxy groups -OCH3 is 1. The Kier molecular flexibility index (Phi) is 6.87. The molecule has 0 aliphatic heterocycles. The first-order chi connectivity index (χ1) is 13.0. The summed E-state index contributed by atoms with van der Waals surface area (Å²) >= 11 is 3.38. The number of phenols is 1. The average molecular weight is 427 g/mol. The highest BCUT2D eigenvalue weighted by Gasteiger charge is 2.13. The number of hydrogen-bond acceptors (Lipinski definition) is 5. The predicted molar refractivity (Wildman–Crippen MR) is 105 cm³/mol. The van der Waals surface area contributed by atoms with Gasteiger partial charge in [-0.05, 0) is 48.0 Å². The van der Waals surface area contributed by atoms with E-state index >= 15 is 0 Å². The molecule has 0 bridgehead atoms. The molecule has 2 N–H and O–H groups in total. The average Bonchev–Trinajstić information content (AvgIpc) is 2.67. The third-order valence-electron chi connectivity index (χ3n) is 3.38. The topological polar surface area (TPSA) is 91.6 Å². The molecule has 0 radical (unpaired) electrons. The van der Waals surface area contributed by atoms with E-state index in [2.05, 4.69) is 27.2 Å². The van der Waals surface area contributed by atoms with E-state index in [0.717, 1.165) is 0 Å². The van der Waals surface area contributed by atoms with Crippen LogP contribution in [0.15, 0.2) is 46.4 Å². The van der Waals surface area contributed by atoms with Gasteiger partial charge in [-0.1, -0.05) is 21.9 Å². The minimum atomic E-state index is -0.582. The van der Waals surface area contributed by atoms with Crippen LogP contribution in [0.3, 0.4) is 0 Å². The van der Waals surface area contributed by atoms with Gasteiger partial charge in [0.1, 0.15) is 24.0 Å². The third kappa shape index (κ3) is 5.27. The molecule has 0 saturated heterocycles. The smallest absolute Gasteiger partial charge is 0.266 e. The van der Waals surface area contributed by atoms with E-state index in [1.807, 2.05) is 6.07 Å². The van der Waals surface area contributed by atoms with Gasteiger partial charge in [0.15, 0.2) is 11.5 Å². The highest BCUT2D eigenvalue weighted by atomic mass is 79.9. The number of halogens is 1. The van der Waals surface area contributed by atoms with Crippen LogP contribution in [0.2, 0.25) is 0 Å². The van der Waals surface area contributed by atoms with Crippen molar-refractivity contribution in [2.24, 2.45) is 0 Å². The van der Waals surface area contributed by atoms with Gasteiger partial charge < -0.3 is 19.9 Å². The SMILES string of the molecule is C#CCOc1cc(Br)c(/C=C(\C#N)C(=O)Nc2ccc(O)cc2)cc1OC. The molecule has 0 aromatic heterocycles. The second-order valence-electron chi connectivity index (χ2n) is 5.19. The first kappa shape index (κ1) is 19.9. The van der Waals surface area contributed by atoms with E-state index in [0.29, 0.717) is 27.2 Å². The van der Waals surface area contributed by atoms with Crippen LogP contribution in [-0.4, -0.2) is 24.7 Å². The van der Waals surface area contributed by atoms with Crippen LogP contribution >= 0.6 is 15.9 Å². The van der Waals surface area contributed by atoms with Gasteiger partial charge in [0.05, 0.1) is 7.11 Å². The quantitative estimate of drug-likeness (QED) is 0.317. The number of carbonyl (C=O) groups is 1. The maximum absolute atomic E-state index is 12.3. The molecule has 0 unspecified atom stereocenters. The highest BCUT2D eigenvalue weighted by molar-refractivity contribution is 9.10. The molecule has 2 aromatic carbocycles. The summed E-state index contributed by atoms with van der Waals surface area (Å²) < 4.78 is 11.3. The molecule has 6 nitrogen and oxygen atoms in total. The summed E-state index contributed by atoms with van der Waals surface area (Å²) in [5, 5.41) is 21.2. The molecule has 2 rings (SSSR count). The lowest BCUT2D eigenvalue weighted by Crippen LogP contribution is -2.13. The molecule has 0 atom stereocenters. The summed E-state index contributed by atoms with van der Waals surface area (Å²) in [4.78, 5) is 12.3. The summed E-state index contributed by atoms with van der Waals surface area (Å²) in [6.45, 7) is 0.0798. The molecule has 2 aromatic rings.